The molecule has 0 radical (unpaired) electrons. The van der Waals surface area contributed by atoms with E-state index in [2.05, 4.69) is 26.6 Å². The number of halogens is 1. The van der Waals surface area contributed by atoms with Gasteiger partial charge in [0.1, 0.15) is 0 Å². The lowest BCUT2D eigenvalue weighted by Gasteiger charge is -2.11. The number of hydrogen-bond donors (Lipinski definition) is 2. The second-order valence-corrected chi connectivity index (χ2v) is 5.95. The number of hydrogen-bond acceptors (Lipinski definition) is 2. The van der Waals surface area contributed by atoms with Crippen LogP contribution in [0.5, 0.6) is 0 Å². The van der Waals surface area contributed by atoms with Gasteiger partial charge in [-0.1, -0.05) is 18.2 Å². The molecule has 2 rings (SSSR count). The number of carbonyl (C=O) groups is 1. The van der Waals surface area contributed by atoms with Crippen molar-refractivity contribution in [3.63, 3.8) is 0 Å². The summed E-state index contributed by atoms with van der Waals surface area (Å²) < 4.78 is 0.733. The van der Waals surface area contributed by atoms with Crippen molar-refractivity contribution in [1.82, 2.24) is 5.32 Å². The molecule has 2 aromatic carbocycles. The molecule has 0 aliphatic carbocycles. The van der Waals surface area contributed by atoms with Crippen LogP contribution in [0, 0.1) is 13.8 Å². The lowest BCUT2D eigenvalue weighted by atomic mass is 10.1. The molecule has 0 atom stereocenters. The van der Waals surface area contributed by atoms with Crippen molar-refractivity contribution in [1.29, 1.82) is 0 Å². The molecule has 0 spiro atoms. The molecule has 21 heavy (non-hydrogen) atoms. The largest absolute Gasteiger partial charge is 0.332 e. The predicted molar refractivity (Wildman–Crippen MR) is 93.7 cm³/mol. The van der Waals surface area contributed by atoms with Crippen LogP contribution in [0.3, 0.4) is 0 Å². The molecule has 0 aromatic heterocycles. The summed E-state index contributed by atoms with van der Waals surface area (Å²) in [4.78, 5) is 12.1. The molecule has 0 heterocycles. The molecule has 0 unspecified atom stereocenters. The van der Waals surface area contributed by atoms with Crippen LogP contribution in [0.1, 0.15) is 21.5 Å². The van der Waals surface area contributed by atoms with Gasteiger partial charge in [-0.15, -0.1) is 0 Å². The van der Waals surface area contributed by atoms with Crippen LogP contribution in [-0.2, 0) is 0 Å². The highest BCUT2D eigenvalue weighted by Crippen LogP contribution is 2.16. The van der Waals surface area contributed by atoms with E-state index in [1.807, 2.05) is 44.2 Å². The lowest BCUT2D eigenvalue weighted by Crippen LogP contribution is -2.34. The minimum absolute atomic E-state index is 0.246. The molecule has 0 fully saturated rings. The molecule has 0 aliphatic heterocycles. The van der Waals surface area contributed by atoms with Crippen LogP contribution < -0.4 is 10.6 Å². The molecule has 0 bridgehead atoms. The van der Waals surface area contributed by atoms with Gasteiger partial charge in [-0.25, -0.2) is 0 Å². The first-order valence-electron chi connectivity index (χ1n) is 6.41. The second kappa shape index (κ2) is 6.83. The summed E-state index contributed by atoms with van der Waals surface area (Å²) in [5.41, 5.74) is 3.78. The van der Waals surface area contributed by atoms with Crippen molar-refractivity contribution in [2.24, 2.45) is 0 Å². The first-order chi connectivity index (χ1) is 9.97. The fourth-order valence-electron chi connectivity index (χ4n) is 1.80. The average molecular weight is 363 g/mol. The Hall–Kier alpha value is -1.72. The molecule has 1 amide bonds. The summed E-state index contributed by atoms with van der Waals surface area (Å²) >= 11 is 8.52. The lowest BCUT2D eigenvalue weighted by molar-refractivity contribution is 0.0977. The second-order valence-electron chi connectivity index (χ2n) is 4.69. The summed E-state index contributed by atoms with van der Waals surface area (Å²) in [6, 6.07) is 13.1. The topological polar surface area (TPSA) is 41.1 Å². The van der Waals surface area contributed by atoms with E-state index in [1.165, 1.54) is 11.1 Å². The quantitative estimate of drug-likeness (QED) is 0.786. The Labute approximate surface area is 137 Å². The molecule has 5 heteroatoms. The van der Waals surface area contributed by atoms with Gasteiger partial charge in [-0.2, -0.15) is 0 Å². The Morgan fingerprint density at radius 1 is 1.10 bits per heavy atom. The van der Waals surface area contributed by atoms with Gasteiger partial charge in [0, 0.05) is 10.2 Å². The third kappa shape index (κ3) is 4.12. The van der Waals surface area contributed by atoms with E-state index in [0.29, 0.717) is 5.56 Å². The number of anilines is 1. The number of aryl methyl sites for hydroxylation is 2. The van der Waals surface area contributed by atoms with Gasteiger partial charge in [0.05, 0.1) is 5.56 Å². The van der Waals surface area contributed by atoms with Crippen LogP contribution in [-0.4, -0.2) is 11.0 Å². The smallest absolute Gasteiger partial charge is 0.258 e. The SMILES string of the molecule is Cc1ccc(NC(=S)NC(=O)c2ccccc2Br)cc1C. The van der Waals surface area contributed by atoms with Crippen molar-refractivity contribution in [3.05, 3.63) is 63.6 Å². The fourth-order valence-corrected chi connectivity index (χ4v) is 2.47. The highest BCUT2D eigenvalue weighted by molar-refractivity contribution is 9.10. The van der Waals surface area contributed by atoms with Crippen molar-refractivity contribution in [3.8, 4) is 0 Å². The predicted octanol–water partition coefficient (Wildman–Crippen LogP) is 4.19. The molecule has 3 nitrogen and oxygen atoms in total. The summed E-state index contributed by atoms with van der Waals surface area (Å²) in [6.45, 7) is 4.08. The molecule has 0 aliphatic rings. The fraction of sp³-hybridized carbons (Fsp3) is 0.125. The molecule has 2 N–H and O–H groups in total. The first-order valence-corrected chi connectivity index (χ1v) is 7.61. The number of rotatable bonds is 2. The maximum Gasteiger partial charge on any atom is 0.258 e. The Balaban J connectivity index is 2.03. The van der Waals surface area contributed by atoms with Crippen molar-refractivity contribution in [2.45, 2.75) is 13.8 Å². The molecule has 0 saturated carbocycles. The summed E-state index contributed by atoms with van der Waals surface area (Å²) in [7, 11) is 0. The molecule has 108 valence electrons. The maximum absolute atomic E-state index is 12.1. The van der Waals surface area contributed by atoms with Crippen molar-refractivity contribution < 1.29 is 4.79 Å². The first kappa shape index (κ1) is 15.7. The van der Waals surface area contributed by atoms with Gasteiger partial charge < -0.3 is 5.32 Å². The zero-order chi connectivity index (χ0) is 15.4. The normalized spacial score (nSPS) is 10.0. The van der Waals surface area contributed by atoms with Crippen molar-refractivity contribution in [2.75, 3.05) is 5.32 Å². The van der Waals surface area contributed by atoms with E-state index < -0.39 is 0 Å². The van der Waals surface area contributed by atoms with Gasteiger partial charge in [0.15, 0.2) is 5.11 Å². The van der Waals surface area contributed by atoms with Crippen LogP contribution in [0.25, 0.3) is 0 Å². The minimum Gasteiger partial charge on any atom is -0.332 e. The third-order valence-electron chi connectivity index (χ3n) is 3.11. The Morgan fingerprint density at radius 2 is 1.81 bits per heavy atom. The molecule has 2 aromatic rings. The number of amides is 1. The maximum atomic E-state index is 12.1. The van der Waals surface area contributed by atoms with Gasteiger partial charge in [0.25, 0.3) is 5.91 Å². The average Bonchev–Trinajstić information content (AvgIpc) is 2.43. The van der Waals surface area contributed by atoms with E-state index in [1.54, 1.807) is 12.1 Å². The molecular formula is C16H15BrN2OS. The number of benzene rings is 2. The van der Waals surface area contributed by atoms with Gasteiger partial charge in [-0.3, -0.25) is 10.1 Å². The summed E-state index contributed by atoms with van der Waals surface area (Å²) in [6.07, 6.45) is 0. The Kier molecular flexibility index (Phi) is 5.09. The van der Waals surface area contributed by atoms with E-state index in [4.69, 9.17) is 12.2 Å². The summed E-state index contributed by atoms with van der Waals surface area (Å²) in [5, 5.41) is 5.96. The monoisotopic (exact) mass is 362 g/mol. The third-order valence-corrected chi connectivity index (χ3v) is 4.01. The van der Waals surface area contributed by atoms with E-state index in [0.717, 1.165) is 10.2 Å². The van der Waals surface area contributed by atoms with Crippen LogP contribution in [0.15, 0.2) is 46.9 Å². The minimum atomic E-state index is -0.246. The van der Waals surface area contributed by atoms with E-state index in [9.17, 15) is 4.79 Å². The standard InChI is InChI=1S/C16H15BrN2OS/c1-10-7-8-12(9-11(10)2)18-16(21)19-15(20)13-5-3-4-6-14(13)17/h3-9H,1-2H3,(H2,18,19,20,21). The number of nitrogens with one attached hydrogen (secondary N) is 2. The highest BCUT2D eigenvalue weighted by Gasteiger charge is 2.10. The zero-order valence-corrected chi connectivity index (χ0v) is 14.1. The summed E-state index contributed by atoms with van der Waals surface area (Å²) in [5.74, 6) is -0.246. The van der Waals surface area contributed by atoms with E-state index >= 15 is 0 Å². The van der Waals surface area contributed by atoms with Crippen LogP contribution in [0.4, 0.5) is 5.69 Å². The van der Waals surface area contributed by atoms with Crippen LogP contribution >= 0.6 is 28.1 Å². The van der Waals surface area contributed by atoms with Crippen LogP contribution in [0.2, 0.25) is 0 Å². The van der Waals surface area contributed by atoms with Gasteiger partial charge >= 0.3 is 0 Å². The van der Waals surface area contributed by atoms with Crippen molar-refractivity contribution >= 4 is 44.9 Å². The van der Waals surface area contributed by atoms with E-state index in [-0.39, 0.29) is 11.0 Å². The highest BCUT2D eigenvalue weighted by atomic mass is 79.9. The Morgan fingerprint density at radius 3 is 2.48 bits per heavy atom. The van der Waals surface area contributed by atoms with Gasteiger partial charge in [0.2, 0.25) is 0 Å². The number of carbonyl (C=O) groups excluding carboxylic acids is 1. The molecule has 0 saturated heterocycles. The zero-order valence-electron chi connectivity index (χ0n) is 11.7. The number of thiocarbonyl (C=S) groups is 1. The molecular weight excluding hydrogens is 348 g/mol. The Bertz CT molecular complexity index is 700. The van der Waals surface area contributed by atoms with Gasteiger partial charge in [-0.05, 0) is 77.4 Å².